The van der Waals surface area contributed by atoms with Gasteiger partial charge in [0.05, 0.1) is 24.6 Å². The van der Waals surface area contributed by atoms with Gasteiger partial charge in [0.1, 0.15) is 23.2 Å². The van der Waals surface area contributed by atoms with E-state index in [0.29, 0.717) is 22.7 Å². The van der Waals surface area contributed by atoms with Crippen molar-refractivity contribution < 1.29 is 37.7 Å². The number of hydrogen-bond acceptors (Lipinski definition) is 8. The maximum atomic E-state index is 14.9. The van der Waals surface area contributed by atoms with Gasteiger partial charge < -0.3 is 29.0 Å². The summed E-state index contributed by atoms with van der Waals surface area (Å²) in [5.74, 6) is -1.03. The van der Waals surface area contributed by atoms with E-state index < -0.39 is 24.0 Å². The van der Waals surface area contributed by atoms with Crippen molar-refractivity contribution >= 4 is 12.3 Å². The maximum Gasteiger partial charge on any atom is 0.513 e. The van der Waals surface area contributed by atoms with E-state index in [0.717, 1.165) is 0 Å². The Morgan fingerprint density at radius 2 is 1.37 bits per heavy atom. The molecule has 1 aliphatic heterocycles. The number of carbonyl (C=O) groups excluding carboxylic acids is 2. The molecule has 0 aliphatic carbocycles. The fraction of sp³-hybridized carbons (Fsp3) is 0.379. The van der Waals surface area contributed by atoms with Crippen molar-refractivity contribution in [3.63, 3.8) is 0 Å². The lowest BCUT2D eigenvalue weighted by molar-refractivity contribution is 0.0636. The first-order valence-electron chi connectivity index (χ1n) is 12.6. The lowest BCUT2D eigenvalue weighted by Crippen LogP contribution is -2.34. The Balaban J connectivity index is 2.22. The lowest BCUT2D eigenvalue weighted by Gasteiger charge is -2.35. The number of allylic oxidation sites excluding steroid dienone is 2. The fourth-order valence-corrected chi connectivity index (χ4v) is 3.95. The van der Waals surface area contributed by atoms with Gasteiger partial charge in [0.25, 0.3) is 0 Å². The highest BCUT2D eigenvalue weighted by Crippen LogP contribution is 2.44. The largest absolute Gasteiger partial charge is 0.513 e. The van der Waals surface area contributed by atoms with Crippen molar-refractivity contribution in [3.05, 3.63) is 82.8 Å². The molecule has 0 saturated carbocycles. The van der Waals surface area contributed by atoms with E-state index in [4.69, 9.17) is 23.7 Å². The molecule has 2 aromatic rings. The first-order chi connectivity index (χ1) is 18.2. The van der Waals surface area contributed by atoms with Crippen molar-refractivity contribution in [2.24, 2.45) is 11.8 Å². The van der Waals surface area contributed by atoms with Crippen LogP contribution in [0.1, 0.15) is 53.0 Å². The van der Waals surface area contributed by atoms with Crippen LogP contribution >= 0.6 is 0 Å². The van der Waals surface area contributed by atoms with Crippen LogP contribution in [0, 0.1) is 17.7 Å². The number of ether oxygens (including phenoxy) is 5. The predicted octanol–water partition coefficient (Wildman–Crippen LogP) is 7.39. The number of para-hydroxylation sites is 1. The SMILES string of the molecule is CCOC(=O)OC1=C(C(C)C)NC(C(C)C)=C(OC(=O)OCC)C1c1ccc(F)c(Oc2ccccc2)c1. The van der Waals surface area contributed by atoms with Crippen LogP contribution in [0.4, 0.5) is 14.0 Å². The number of halogens is 1. The van der Waals surface area contributed by atoms with E-state index in [2.05, 4.69) is 5.32 Å². The van der Waals surface area contributed by atoms with Gasteiger partial charge in [-0.2, -0.15) is 0 Å². The molecular formula is C29H34FNO7. The summed E-state index contributed by atoms with van der Waals surface area (Å²) in [7, 11) is 0. The Bertz CT molecular complexity index is 1160. The Labute approximate surface area is 222 Å². The van der Waals surface area contributed by atoms with Crippen LogP contribution in [0.25, 0.3) is 0 Å². The summed E-state index contributed by atoms with van der Waals surface area (Å²) in [4.78, 5) is 25.1. The third-order valence-corrected chi connectivity index (χ3v) is 5.65. The average Bonchev–Trinajstić information content (AvgIpc) is 2.86. The number of rotatable bonds is 9. The van der Waals surface area contributed by atoms with Crippen LogP contribution in [-0.4, -0.2) is 25.5 Å². The molecule has 3 rings (SSSR count). The molecule has 0 unspecified atom stereocenters. The highest BCUT2D eigenvalue weighted by Gasteiger charge is 2.39. The maximum absolute atomic E-state index is 14.9. The zero-order valence-electron chi connectivity index (χ0n) is 22.5. The molecule has 38 heavy (non-hydrogen) atoms. The third kappa shape index (κ3) is 6.85. The van der Waals surface area contributed by atoms with E-state index in [1.165, 1.54) is 18.2 Å². The molecular weight excluding hydrogens is 493 g/mol. The highest BCUT2D eigenvalue weighted by molar-refractivity contribution is 5.65. The van der Waals surface area contributed by atoms with Gasteiger partial charge in [-0.1, -0.05) is 52.0 Å². The topological polar surface area (TPSA) is 92.3 Å². The molecule has 2 aromatic carbocycles. The van der Waals surface area contributed by atoms with Crippen LogP contribution in [-0.2, 0) is 18.9 Å². The summed E-state index contributed by atoms with van der Waals surface area (Å²) < 4.78 is 42.2. The Morgan fingerprint density at radius 3 is 1.84 bits per heavy atom. The molecule has 1 heterocycles. The zero-order chi connectivity index (χ0) is 27.8. The summed E-state index contributed by atoms with van der Waals surface area (Å²) in [5.41, 5.74) is 1.66. The minimum absolute atomic E-state index is 0.0459. The van der Waals surface area contributed by atoms with Gasteiger partial charge in [-0.15, -0.1) is 0 Å². The summed E-state index contributed by atoms with van der Waals surface area (Å²) in [6.07, 6.45) is -1.84. The second-order valence-electron chi connectivity index (χ2n) is 9.10. The first kappa shape index (κ1) is 28.6. The zero-order valence-corrected chi connectivity index (χ0v) is 22.5. The van der Waals surface area contributed by atoms with Crippen LogP contribution in [0.5, 0.6) is 11.5 Å². The molecule has 0 aromatic heterocycles. The van der Waals surface area contributed by atoms with Crippen LogP contribution in [0.15, 0.2) is 71.4 Å². The minimum atomic E-state index is -0.918. The molecule has 9 heteroatoms. The molecule has 0 saturated heterocycles. The van der Waals surface area contributed by atoms with Crippen LogP contribution in [0.3, 0.4) is 0 Å². The van der Waals surface area contributed by atoms with Crippen LogP contribution in [0.2, 0.25) is 0 Å². The molecule has 0 atom stereocenters. The standard InChI is InChI=1S/C29H34FNO7/c1-7-34-28(32)37-26-23(19-14-15-21(30)22(16-19)36-20-12-10-9-11-13-20)27(38-29(33)35-8-2)25(18(5)6)31-24(26)17(3)4/h9-18,23,31H,7-8H2,1-6H3. The number of dihydropyridines is 1. The van der Waals surface area contributed by atoms with Gasteiger partial charge >= 0.3 is 12.3 Å². The lowest BCUT2D eigenvalue weighted by atomic mass is 9.85. The molecule has 1 N–H and O–H groups in total. The Hall–Kier alpha value is -4.01. The van der Waals surface area contributed by atoms with Gasteiger partial charge in [0, 0.05) is 0 Å². The smallest absolute Gasteiger partial charge is 0.454 e. The summed E-state index contributed by atoms with van der Waals surface area (Å²) in [6, 6.07) is 13.1. The molecule has 0 bridgehead atoms. The normalized spacial score (nSPS) is 13.9. The minimum Gasteiger partial charge on any atom is -0.454 e. The average molecular weight is 528 g/mol. The molecule has 1 aliphatic rings. The second-order valence-corrected chi connectivity index (χ2v) is 9.10. The number of carbonyl (C=O) groups is 2. The number of hydrogen-bond donors (Lipinski definition) is 1. The molecule has 0 fully saturated rings. The summed E-state index contributed by atoms with van der Waals surface area (Å²) in [6.45, 7) is 11.2. The molecule has 8 nitrogen and oxygen atoms in total. The Kier molecular flexibility index (Phi) is 9.76. The van der Waals surface area contributed by atoms with Gasteiger partial charge in [-0.3, -0.25) is 0 Å². The Morgan fingerprint density at radius 1 is 0.842 bits per heavy atom. The van der Waals surface area contributed by atoms with Crippen molar-refractivity contribution in [1.29, 1.82) is 0 Å². The van der Waals surface area contributed by atoms with E-state index in [1.807, 2.05) is 33.8 Å². The monoisotopic (exact) mass is 527 g/mol. The molecule has 0 spiro atoms. The molecule has 204 valence electrons. The van der Waals surface area contributed by atoms with E-state index in [1.54, 1.807) is 38.1 Å². The fourth-order valence-electron chi connectivity index (χ4n) is 3.95. The predicted molar refractivity (Wildman–Crippen MR) is 139 cm³/mol. The van der Waals surface area contributed by atoms with Crippen molar-refractivity contribution in [2.45, 2.75) is 47.5 Å². The number of nitrogens with one attached hydrogen (secondary N) is 1. The van der Waals surface area contributed by atoms with E-state index >= 15 is 0 Å². The van der Waals surface area contributed by atoms with E-state index in [9.17, 15) is 14.0 Å². The third-order valence-electron chi connectivity index (χ3n) is 5.65. The van der Waals surface area contributed by atoms with Gasteiger partial charge in [0.15, 0.2) is 11.6 Å². The van der Waals surface area contributed by atoms with Gasteiger partial charge in [-0.05, 0) is 55.5 Å². The quantitative estimate of drug-likeness (QED) is 0.338. The summed E-state index contributed by atoms with van der Waals surface area (Å²) >= 11 is 0. The second kappa shape index (κ2) is 13.0. The molecule has 0 radical (unpaired) electrons. The highest BCUT2D eigenvalue weighted by atomic mass is 19.1. The van der Waals surface area contributed by atoms with Crippen molar-refractivity contribution in [1.82, 2.24) is 5.32 Å². The first-order valence-corrected chi connectivity index (χ1v) is 12.6. The number of benzene rings is 2. The van der Waals surface area contributed by atoms with Crippen molar-refractivity contribution in [3.8, 4) is 11.5 Å². The van der Waals surface area contributed by atoms with Crippen LogP contribution < -0.4 is 10.1 Å². The van der Waals surface area contributed by atoms with Crippen molar-refractivity contribution in [2.75, 3.05) is 13.2 Å². The summed E-state index contributed by atoms with van der Waals surface area (Å²) in [5, 5.41) is 3.30. The van der Waals surface area contributed by atoms with Gasteiger partial charge in [0.2, 0.25) is 0 Å². The van der Waals surface area contributed by atoms with E-state index in [-0.39, 0.29) is 42.3 Å². The van der Waals surface area contributed by atoms with Gasteiger partial charge in [-0.25, -0.2) is 14.0 Å². The molecule has 0 amide bonds.